The Labute approximate surface area is 105 Å². The van der Waals surface area contributed by atoms with Gasteiger partial charge in [-0.1, -0.05) is 6.07 Å². The van der Waals surface area contributed by atoms with Gasteiger partial charge in [0.25, 0.3) is 0 Å². The van der Waals surface area contributed by atoms with E-state index in [1.165, 1.54) is 7.11 Å². The number of imidazole rings is 1. The molecule has 0 fully saturated rings. The van der Waals surface area contributed by atoms with Gasteiger partial charge in [0.15, 0.2) is 0 Å². The summed E-state index contributed by atoms with van der Waals surface area (Å²) in [6.07, 6.45) is 1.62. The molecule has 5 nitrogen and oxygen atoms in total. The van der Waals surface area contributed by atoms with Gasteiger partial charge in [0.1, 0.15) is 0 Å². The number of carbonyl (C=O) groups is 1. The second-order valence-corrected chi connectivity index (χ2v) is 4.23. The van der Waals surface area contributed by atoms with E-state index >= 15 is 0 Å². The minimum absolute atomic E-state index is 0.206. The number of aromatic nitrogens is 2. The Kier molecular flexibility index (Phi) is 3.62. The first-order valence-corrected chi connectivity index (χ1v) is 5.77. The summed E-state index contributed by atoms with van der Waals surface area (Å²) in [5, 5.41) is 9.99. The molecule has 2 rings (SSSR count). The van der Waals surface area contributed by atoms with Gasteiger partial charge >= 0.3 is 5.97 Å². The topological polar surface area (TPSA) is 64.3 Å². The lowest BCUT2D eigenvalue weighted by Crippen LogP contribution is -2.04. The van der Waals surface area contributed by atoms with Gasteiger partial charge in [0.05, 0.1) is 30.6 Å². The molecule has 0 radical (unpaired) electrons. The lowest BCUT2D eigenvalue weighted by atomic mass is 10.0. The lowest BCUT2D eigenvalue weighted by molar-refractivity contribution is -0.141. The molecule has 0 spiro atoms. The molecular formula is C13H16N2O3. The Hall–Kier alpha value is -1.88. The largest absolute Gasteiger partial charge is 0.469 e. The number of hydrogen-bond donors (Lipinski definition) is 1. The highest BCUT2D eigenvalue weighted by atomic mass is 16.5. The van der Waals surface area contributed by atoms with Crippen molar-refractivity contribution >= 4 is 17.0 Å². The molecule has 0 saturated heterocycles. The lowest BCUT2D eigenvalue weighted by Gasteiger charge is -2.10. The molecule has 18 heavy (non-hydrogen) atoms. The van der Waals surface area contributed by atoms with Gasteiger partial charge in [-0.3, -0.25) is 4.79 Å². The molecule has 96 valence electrons. The van der Waals surface area contributed by atoms with Crippen molar-refractivity contribution in [1.82, 2.24) is 9.55 Å². The summed E-state index contributed by atoms with van der Waals surface area (Å²) >= 11 is 0. The van der Waals surface area contributed by atoms with Gasteiger partial charge in [0, 0.05) is 13.5 Å². The van der Waals surface area contributed by atoms with Crippen molar-refractivity contribution in [2.45, 2.75) is 18.9 Å². The number of nitrogens with zero attached hydrogens (tertiary/aromatic N) is 2. The third-order valence-corrected chi connectivity index (χ3v) is 2.98. The number of aliphatic hydroxyl groups is 1. The fraction of sp³-hybridized carbons (Fsp3) is 0.385. The van der Waals surface area contributed by atoms with E-state index in [0.717, 1.165) is 16.6 Å². The van der Waals surface area contributed by atoms with Gasteiger partial charge in [-0.25, -0.2) is 4.98 Å². The molecule has 1 aromatic heterocycles. The number of hydrogen-bond acceptors (Lipinski definition) is 4. The van der Waals surface area contributed by atoms with E-state index in [-0.39, 0.29) is 12.4 Å². The van der Waals surface area contributed by atoms with E-state index < -0.39 is 6.10 Å². The van der Waals surface area contributed by atoms with Crippen LogP contribution in [0.5, 0.6) is 0 Å². The van der Waals surface area contributed by atoms with E-state index in [4.69, 9.17) is 0 Å². The SMILES string of the molecule is COC(=O)CCC(O)c1ccc2c(c1)ncn2C. The van der Waals surface area contributed by atoms with Crippen molar-refractivity contribution in [3.8, 4) is 0 Å². The summed E-state index contributed by atoms with van der Waals surface area (Å²) in [6.45, 7) is 0. The maximum Gasteiger partial charge on any atom is 0.305 e. The van der Waals surface area contributed by atoms with Crippen LogP contribution < -0.4 is 0 Å². The Morgan fingerprint density at radius 1 is 1.56 bits per heavy atom. The quantitative estimate of drug-likeness (QED) is 0.834. The maximum absolute atomic E-state index is 11.0. The normalized spacial score (nSPS) is 12.6. The molecule has 0 amide bonds. The third kappa shape index (κ3) is 2.51. The molecule has 0 aliphatic rings. The van der Waals surface area contributed by atoms with E-state index in [1.807, 2.05) is 29.8 Å². The molecular weight excluding hydrogens is 232 g/mol. The van der Waals surface area contributed by atoms with Crippen LogP contribution in [-0.2, 0) is 16.6 Å². The number of methoxy groups -OCH3 is 1. The highest BCUT2D eigenvalue weighted by Gasteiger charge is 2.12. The number of rotatable bonds is 4. The molecule has 0 saturated carbocycles. The van der Waals surface area contributed by atoms with Crippen LogP contribution in [0.3, 0.4) is 0 Å². The van der Waals surface area contributed by atoms with Crippen LogP contribution in [0.4, 0.5) is 0 Å². The molecule has 1 aromatic carbocycles. The zero-order chi connectivity index (χ0) is 13.1. The fourth-order valence-corrected chi connectivity index (χ4v) is 1.88. The van der Waals surface area contributed by atoms with Crippen LogP contribution in [0.25, 0.3) is 11.0 Å². The van der Waals surface area contributed by atoms with Crippen LogP contribution in [-0.4, -0.2) is 27.7 Å². The molecule has 0 aliphatic carbocycles. The minimum Gasteiger partial charge on any atom is -0.469 e. The van der Waals surface area contributed by atoms with Crippen molar-refractivity contribution in [2.75, 3.05) is 7.11 Å². The summed E-state index contributed by atoms with van der Waals surface area (Å²) in [7, 11) is 3.26. The average Bonchev–Trinajstić information content (AvgIpc) is 2.76. The zero-order valence-electron chi connectivity index (χ0n) is 10.5. The fourth-order valence-electron chi connectivity index (χ4n) is 1.88. The summed E-state index contributed by atoms with van der Waals surface area (Å²) in [4.78, 5) is 15.2. The number of aliphatic hydroxyl groups excluding tert-OH is 1. The van der Waals surface area contributed by atoms with Crippen LogP contribution >= 0.6 is 0 Å². The monoisotopic (exact) mass is 248 g/mol. The Morgan fingerprint density at radius 2 is 2.33 bits per heavy atom. The highest BCUT2D eigenvalue weighted by Crippen LogP contribution is 2.22. The standard InChI is InChI=1S/C13H16N2O3/c1-15-8-14-10-7-9(3-4-11(10)15)12(16)5-6-13(17)18-2/h3-4,7-8,12,16H,5-6H2,1-2H3. The van der Waals surface area contributed by atoms with Crippen molar-refractivity contribution in [3.63, 3.8) is 0 Å². The number of ether oxygens (including phenoxy) is 1. The highest BCUT2D eigenvalue weighted by molar-refractivity contribution is 5.76. The molecule has 1 N–H and O–H groups in total. The predicted molar refractivity (Wildman–Crippen MR) is 66.9 cm³/mol. The zero-order valence-corrected chi connectivity index (χ0v) is 10.5. The number of aryl methyl sites for hydroxylation is 1. The smallest absolute Gasteiger partial charge is 0.305 e. The maximum atomic E-state index is 11.0. The van der Waals surface area contributed by atoms with Crippen LogP contribution in [0.1, 0.15) is 24.5 Å². The molecule has 2 aromatic rings. The Bertz CT molecular complexity index is 562. The van der Waals surface area contributed by atoms with E-state index in [0.29, 0.717) is 6.42 Å². The van der Waals surface area contributed by atoms with E-state index in [2.05, 4.69) is 9.72 Å². The second-order valence-electron chi connectivity index (χ2n) is 4.23. The summed E-state index contributed by atoms with van der Waals surface area (Å²) in [6, 6.07) is 5.61. The molecule has 0 bridgehead atoms. The summed E-state index contributed by atoms with van der Waals surface area (Å²) in [5.41, 5.74) is 2.62. The van der Waals surface area contributed by atoms with Crippen molar-refractivity contribution in [1.29, 1.82) is 0 Å². The van der Waals surface area contributed by atoms with Crippen LogP contribution in [0.15, 0.2) is 24.5 Å². The number of esters is 1. The first kappa shape index (κ1) is 12.6. The van der Waals surface area contributed by atoms with E-state index in [9.17, 15) is 9.90 Å². The van der Waals surface area contributed by atoms with Gasteiger partial charge < -0.3 is 14.4 Å². The Balaban J connectivity index is 2.12. The Morgan fingerprint density at radius 3 is 3.06 bits per heavy atom. The number of carbonyl (C=O) groups excluding carboxylic acids is 1. The molecule has 1 unspecified atom stereocenters. The number of fused-ring (bicyclic) bond motifs is 1. The second kappa shape index (κ2) is 5.18. The van der Waals surface area contributed by atoms with Gasteiger partial charge in [0.2, 0.25) is 0 Å². The first-order valence-electron chi connectivity index (χ1n) is 5.77. The van der Waals surface area contributed by atoms with Gasteiger partial charge in [-0.05, 0) is 24.1 Å². The summed E-state index contributed by atoms with van der Waals surface area (Å²) < 4.78 is 6.46. The predicted octanol–water partition coefficient (Wildman–Crippen LogP) is 1.56. The molecule has 1 atom stereocenters. The van der Waals surface area contributed by atoms with Gasteiger partial charge in [-0.2, -0.15) is 0 Å². The van der Waals surface area contributed by atoms with Gasteiger partial charge in [-0.15, -0.1) is 0 Å². The average molecular weight is 248 g/mol. The molecule has 0 aliphatic heterocycles. The number of benzene rings is 1. The molecule has 5 heteroatoms. The van der Waals surface area contributed by atoms with Crippen LogP contribution in [0, 0.1) is 0 Å². The first-order chi connectivity index (χ1) is 8.61. The third-order valence-electron chi connectivity index (χ3n) is 2.98. The van der Waals surface area contributed by atoms with Crippen molar-refractivity contribution in [2.24, 2.45) is 7.05 Å². The summed E-state index contributed by atoms with van der Waals surface area (Å²) in [5.74, 6) is -0.312. The van der Waals surface area contributed by atoms with Crippen LogP contribution in [0.2, 0.25) is 0 Å². The van der Waals surface area contributed by atoms with Crippen molar-refractivity contribution < 1.29 is 14.6 Å². The van der Waals surface area contributed by atoms with Crippen molar-refractivity contribution in [3.05, 3.63) is 30.1 Å². The minimum atomic E-state index is -0.671. The molecule has 1 heterocycles. The van der Waals surface area contributed by atoms with E-state index in [1.54, 1.807) is 6.33 Å².